The Morgan fingerprint density at radius 2 is 2.22 bits per heavy atom. The second-order valence-corrected chi connectivity index (χ2v) is 5.15. The zero-order chi connectivity index (χ0) is 13.2. The molecule has 1 aromatic rings. The van der Waals surface area contributed by atoms with Gasteiger partial charge in [-0.15, -0.1) is 5.12 Å². The molecule has 0 fully saturated rings. The number of rotatable bonds is 5. The van der Waals surface area contributed by atoms with E-state index in [1.165, 1.54) is 11.4 Å². The van der Waals surface area contributed by atoms with Crippen molar-refractivity contribution in [3.8, 4) is 0 Å². The fraction of sp³-hybridized carbons (Fsp3) is 0.429. The maximum atomic E-state index is 10.5. The van der Waals surface area contributed by atoms with Gasteiger partial charge in [-0.2, -0.15) is 0 Å². The fourth-order valence-electron chi connectivity index (χ4n) is 1.34. The average Bonchev–Trinajstić information content (AvgIpc) is 2.68. The van der Waals surface area contributed by atoms with Crippen LogP contribution in [0.4, 0.5) is 17.3 Å². The van der Waals surface area contributed by atoms with Crippen molar-refractivity contribution in [1.29, 1.82) is 0 Å². The number of nitrogens with two attached hydrogens (primary N) is 1. The molecular formula is C7H13N6O4P. The molecule has 1 aliphatic heterocycles. The monoisotopic (exact) mass is 276 g/mol. The molecule has 2 rings (SSSR count). The molecule has 1 aliphatic rings. The van der Waals surface area contributed by atoms with Crippen LogP contribution < -0.4 is 16.6 Å². The van der Waals surface area contributed by atoms with Gasteiger partial charge in [0.15, 0.2) is 11.6 Å². The van der Waals surface area contributed by atoms with E-state index in [9.17, 15) is 4.57 Å². The van der Waals surface area contributed by atoms with E-state index in [2.05, 4.69) is 20.8 Å². The third kappa shape index (κ3) is 3.28. The molecule has 0 amide bonds. The second kappa shape index (κ2) is 5.04. The van der Waals surface area contributed by atoms with Crippen LogP contribution >= 0.6 is 7.60 Å². The second-order valence-electron chi connectivity index (χ2n) is 3.56. The highest BCUT2D eigenvalue weighted by Gasteiger charge is 2.21. The Kier molecular flexibility index (Phi) is 3.64. The number of ether oxygens (including phenoxy) is 1. The van der Waals surface area contributed by atoms with Gasteiger partial charge in [0.05, 0.1) is 13.2 Å². The number of anilines is 3. The number of hydrogen-bond acceptors (Lipinski definition) is 8. The zero-order valence-electron chi connectivity index (χ0n) is 9.28. The van der Waals surface area contributed by atoms with Crippen LogP contribution in [0, 0.1) is 0 Å². The van der Waals surface area contributed by atoms with Crippen LogP contribution in [0.3, 0.4) is 0 Å². The smallest absolute Gasteiger partial charge is 0.350 e. The predicted molar refractivity (Wildman–Crippen MR) is 63.3 cm³/mol. The lowest BCUT2D eigenvalue weighted by Gasteiger charge is -2.16. The molecule has 11 heteroatoms. The van der Waals surface area contributed by atoms with E-state index in [0.717, 1.165) is 0 Å². The lowest BCUT2D eigenvalue weighted by Crippen LogP contribution is -2.33. The minimum atomic E-state index is -4.12. The van der Waals surface area contributed by atoms with Crippen molar-refractivity contribution in [2.24, 2.45) is 0 Å². The Labute approximate surface area is 102 Å². The quantitative estimate of drug-likeness (QED) is 0.341. The molecule has 0 saturated carbocycles. The van der Waals surface area contributed by atoms with E-state index < -0.39 is 13.9 Å². The SMILES string of the molecule is Nc1ncnc2c1NN(CCOCP(=O)(O)O)N2. The van der Waals surface area contributed by atoms with Crippen molar-refractivity contribution in [1.82, 2.24) is 15.1 Å². The highest BCUT2D eigenvalue weighted by atomic mass is 31.2. The van der Waals surface area contributed by atoms with Crippen molar-refractivity contribution in [3.05, 3.63) is 6.33 Å². The minimum Gasteiger partial charge on any atom is -0.382 e. The third-order valence-corrected chi connectivity index (χ3v) is 2.60. The topological polar surface area (TPSA) is 146 Å². The fourth-order valence-corrected chi connectivity index (χ4v) is 1.70. The van der Waals surface area contributed by atoms with Gasteiger partial charge in [-0.25, -0.2) is 9.97 Å². The number of aromatic nitrogens is 2. The number of hydrogen-bond donors (Lipinski definition) is 5. The van der Waals surface area contributed by atoms with Crippen LogP contribution in [0.2, 0.25) is 0 Å². The Hall–Kier alpha value is -1.45. The highest BCUT2D eigenvalue weighted by molar-refractivity contribution is 7.51. The molecule has 2 heterocycles. The summed E-state index contributed by atoms with van der Waals surface area (Å²) in [5, 5.41) is 1.54. The number of nitrogens with one attached hydrogen (secondary N) is 2. The molecule has 0 radical (unpaired) electrons. The predicted octanol–water partition coefficient (Wildman–Crippen LogP) is -0.820. The third-order valence-electron chi connectivity index (χ3n) is 2.08. The summed E-state index contributed by atoms with van der Waals surface area (Å²) in [6.45, 7) is 0.474. The van der Waals surface area contributed by atoms with Crippen LogP contribution in [0.15, 0.2) is 6.33 Å². The van der Waals surface area contributed by atoms with Gasteiger partial charge in [-0.3, -0.25) is 15.4 Å². The van der Waals surface area contributed by atoms with Crippen molar-refractivity contribution in [3.63, 3.8) is 0 Å². The molecule has 6 N–H and O–H groups in total. The normalized spacial score (nSPS) is 15.0. The van der Waals surface area contributed by atoms with Gasteiger partial charge in [-0.05, 0) is 0 Å². The summed E-state index contributed by atoms with van der Waals surface area (Å²) in [6, 6.07) is 0. The van der Waals surface area contributed by atoms with Gasteiger partial charge >= 0.3 is 7.60 Å². The summed E-state index contributed by atoms with van der Waals surface area (Å²) in [7, 11) is -4.12. The van der Waals surface area contributed by atoms with Crippen LogP contribution in [0.25, 0.3) is 0 Å². The van der Waals surface area contributed by atoms with Gasteiger partial charge in [0, 0.05) is 0 Å². The van der Waals surface area contributed by atoms with Crippen molar-refractivity contribution in [2.75, 3.05) is 36.1 Å². The Bertz CT molecular complexity index is 479. The first kappa shape index (κ1) is 13.0. The summed E-state index contributed by atoms with van der Waals surface area (Å²) in [4.78, 5) is 25.0. The first-order valence-electron chi connectivity index (χ1n) is 4.99. The first-order valence-corrected chi connectivity index (χ1v) is 6.79. The number of fused-ring (bicyclic) bond motifs is 1. The van der Waals surface area contributed by atoms with Gasteiger partial charge in [0.25, 0.3) is 0 Å². The van der Waals surface area contributed by atoms with E-state index in [1.807, 2.05) is 0 Å². The molecule has 0 atom stereocenters. The molecular weight excluding hydrogens is 263 g/mol. The van der Waals surface area contributed by atoms with E-state index >= 15 is 0 Å². The summed E-state index contributed by atoms with van der Waals surface area (Å²) in [5.41, 5.74) is 12.0. The van der Waals surface area contributed by atoms with Crippen molar-refractivity contribution < 1.29 is 19.1 Å². The summed E-state index contributed by atoms with van der Waals surface area (Å²) in [6.07, 6.45) is 0.729. The molecule has 1 aromatic heterocycles. The lowest BCUT2D eigenvalue weighted by atomic mass is 10.4. The Balaban J connectivity index is 1.78. The van der Waals surface area contributed by atoms with E-state index in [1.54, 1.807) is 0 Å². The Morgan fingerprint density at radius 1 is 1.44 bits per heavy atom. The van der Waals surface area contributed by atoms with Gasteiger partial charge in [0.1, 0.15) is 18.4 Å². The van der Waals surface area contributed by atoms with Crippen LogP contribution in [-0.4, -0.2) is 44.4 Å². The molecule has 0 bridgehead atoms. The van der Waals surface area contributed by atoms with Gasteiger partial charge in [0.2, 0.25) is 0 Å². The minimum absolute atomic E-state index is 0.131. The van der Waals surface area contributed by atoms with E-state index in [0.29, 0.717) is 23.9 Å². The van der Waals surface area contributed by atoms with Crippen molar-refractivity contribution in [2.45, 2.75) is 0 Å². The summed E-state index contributed by atoms with van der Waals surface area (Å²) < 4.78 is 15.4. The van der Waals surface area contributed by atoms with Gasteiger partial charge in [-0.1, -0.05) is 0 Å². The lowest BCUT2D eigenvalue weighted by molar-refractivity contribution is 0.139. The first-order chi connectivity index (χ1) is 8.46. The van der Waals surface area contributed by atoms with Crippen LogP contribution in [0.5, 0.6) is 0 Å². The molecule has 18 heavy (non-hydrogen) atoms. The molecule has 0 unspecified atom stereocenters. The summed E-state index contributed by atoms with van der Waals surface area (Å²) >= 11 is 0. The largest absolute Gasteiger partial charge is 0.382 e. The zero-order valence-corrected chi connectivity index (χ0v) is 10.2. The van der Waals surface area contributed by atoms with Crippen LogP contribution in [0.1, 0.15) is 0 Å². The molecule has 0 saturated heterocycles. The maximum Gasteiger partial charge on any atom is 0.350 e. The molecule has 0 spiro atoms. The Morgan fingerprint density at radius 3 is 2.89 bits per heavy atom. The maximum absolute atomic E-state index is 10.5. The van der Waals surface area contributed by atoms with Gasteiger partial charge < -0.3 is 20.3 Å². The van der Waals surface area contributed by atoms with E-state index in [-0.39, 0.29) is 6.61 Å². The highest BCUT2D eigenvalue weighted by Crippen LogP contribution is 2.34. The summed E-state index contributed by atoms with van der Waals surface area (Å²) in [5.74, 6) is 0.851. The van der Waals surface area contributed by atoms with E-state index in [4.69, 9.17) is 20.3 Å². The van der Waals surface area contributed by atoms with Crippen LogP contribution in [-0.2, 0) is 9.30 Å². The molecule has 100 valence electrons. The standard InChI is InChI=1S/C7H13N6O4P/c8-6-5-7(10-3-9-6)12-13(11-5)1-2-17-4-18(14,15)16/h3,11H,1-2,4H2,(H2,14,15,16)(H3,8,9,10,12). The molecule has 0 aliphatic carbocycles. The molecule has 0 aromatic carbocycles. The number of hydrazine groups is 2. The molecule has 10 nitrogen and oxygen atoms in total. The van der Waals surface area contributed by atoms with Crippen molar-refractivity contribution >= 4 is 24.9 Å². The number of nitrogen functional groups attached to an aromatic ring is 1. The average molecular weight is 276 g/mol. The number of nitrogens with zero attached hydrogens (tertiary/aromatic N) is 3.